The molecule has 1 atom stereocenters. The van der Waals surface area contributed by atoms with Gasteiger partial charge in [0.15, 0.2) is 5.13 Å². The number of anilines is 1. The number of thiazole rings is 1. The van der Waals surface area contributed by atoms with Crippen LogP contribution in [0.1, 0.15) is 62.7 Å². The van der Waals surface area contributed by atoms with Crippen molar-refractivity contribution < 1.29 is 4.79 Å². The summed E-state index contributed by atoms with van der Waals surface area (Å²) in [6, 6.07) is 0. The molecule has 2 fully saturated rings. The molecule has 3 rings (SSSR count). The van der Waals surface area contributed by atoms with Crippen LogP contribution >= 0.6 is 11.3 Å². The number of hydrogen-bond donors (Lipinski definition) is 2. The molecule has 1 aliphatic heterocycles. The van der Waals surface area contributed by atoms with Crippen molar-refractivity contribution >= 4 is 22.4 Å². The van der Waals surface area contributed by atoms with E-state index < -0.39 is 0 Å². The smallest absolute Gasteiger partial charge is 0.228 e. The monoisotopic (exact) mass is 321 g/mol. The molecular weight excluding hydrogens is 294 g/mol. The Morgan fingerprint density at radius 3 is 2.82 bits per heavy atom. The Hall–Kier alpha value is -0.940. The highest BCUT2D eigenvalue weighted by Crippen LogP contribution is 2.33. The highest BCUT2D eigenvalue weighted by molar-refractivity contribution is 7.15. The normalized spacial score (nSPS) is 21.9. The lowest BCUT2D eigenvalue weighted by molar-refractivity contribution is -0.119. The lowest BCUT2D eigenvalue weighted by Gasteiger charge is -2.20. The van der Waals surface area contributed by atoms with Crippen molar-refractivity contribution in [2.45, 2.75) is 57.8 Å². The highest BCUT2D eigenvalue weighted by Gasteiger charge is 2.23. The topological polar surface area (TPSA) is 54.0 Å². The predicted octanol–water partition coefficient (Wildman–Crippen LogP) is 3.77. The van der Waals surface area contributed by atoms with Gasteiger partial charge in [-0.1, -0.05) is 32.6 Å². The number of piperidine rings is 1. The standard InChI is InChI=1S/C17H27N3OS/c1-12(10-13-4-2-3-5-13)16(21)20-17-19-11-15(22-17)14-6-8-18-9-7-14/h11-14,18H,2-10H2,1H3,(H,19,20,21). The SMILES string of the molecule is CC(CC1CCCC1)C(=O)Nc1ncc(C2CCNCC2)s1. The van der Waals surface area contributed by atoms with Gasteiger partial charge in [-0.15, -0.1) is 11.3 Å². The number of nitrogens with one attached hydrogen (secondary N) is 2. The Balaban J connectivity index is 1.51. The minimum atomic E-state index is 0.0920. The number of nitrogens with zero attached hydrogens (tertiary/aromatic N) is 1. The van der Waals surface area contributed by atoms with Crippen LogP contribution in [0.4, 0.5) is 5.13 Å². The maximum Gasteiger partial charge on any atom is 0.228 e. The van der Waals surface area contributed by atoms with Crippen LogP contribution in [0.3, 0.4) is 0 Å². The second kappa shape index (κ2) is 7.55. The van der Waals surface area contributed by atoms with Crippen molar-refractivity contribution in [3.63, 3.8) is 0 Å². The number of carbonyl (C=O) groups is 1. The third kappa shape index (κ3) is 4.07. The lowest BCUT2D eigenvalue weighted by atomic mass is 9.94. The molecule has 22 heavy (non-hydrogen) atoms. The van der Waals surface area contributed by atoms with Crippen molar-refractivity contribution in [3.8, 4) is 0 Å². The van der Waals surface area contributed by atoms with Crippen molar-refractivity contribution in [3.05, 3.63) is 11.1 Å². The zero-order valence-electron chi connectivity index (χ0n) is 13.4. The Bertz CT molecular complexity index is 490. The van der Waals surface area contributed by atoms with E-state index in [9.17, 15) is 4.79 Å². The van der Waals surface area contributed by atoms with Crippen LogP contribution in [0.5, 0.6) is 0 Å². The molecule has 0 spiro atoms. The molecule has 1 aliphatic carbocycles. The van der Waals surface area contributed by atoms with Gasteiger partial charge in [0.05, 0.1) is 0 Å². The summed E-state index contributed by atoms with van der Waals surface area (Å²) in [6.45, 7) is 4.22. The zero-order valence-corrected chi connectivity index (χ0v) is 14.3. The number of amides is 1. The molecule has 1 saturated carbocycles. The second-order valence-corrected chi connectivity index (χ2v) is 7.93. The number of aromatic nitrogens is 1. The van der Waals surface area contributed by atoms with Gasteiger partial charge in [0.1, 0.15) is 0 Å². The number of hydrogen-bond acceptors (Lipinski definition) is 4. The summed E-state index contributed by atoms with van der Waals surface area (Å²) in [5.74, 6) is 1.59. The molecule has 2 aliphatic rings. The van der Waals surface area contributed by atoms with E-state index in [1.807, 2.05) is 6.20 Å². The summed E-state index contributed by atoms with van der Waals surface area (Å²) in [5.41, 5.74) is 0. The minimum absolute atomic E-state index is 0.0920. The molecule has 5 heteroatoms. The molecule has 0 bridgehead atoms. The third-order valence-corrected chi connectivity index (χ3v) is 6.18. The molecule has 122 valence electrons. The van der Waals surface area contributed by atoms with E-state index in [1.54, 1.807) is 11.3 Å². The zero-order chi connectivity index (χ0) is 15.4. The predicted molar refractivity (Wildman–Crippen MR) is 91.3 cm³/mol. The first-order chi connectivity index (χ1) is 10.7. The summed E-state index contributed by atoms with van der Waals surface area (Å²) < 4.78 is 0. The molecule has 2 N–H and O–H groups in total. The number of carbonyl (C=O) groups excluding carboxylic acids is 1. The fourth-order valence-corrected chi connectivity index (χ4v) is 4.71. The van der Waals surface area contributed by atoms with Gasteiger partial charge in [-0.05, 0) is 44.2 Å². The summed E-state index contributed by atoms with van der Waals surface area (Å²) in [6.07, 6.45) is 10.6. The van der Waals surface area contributed by atoms with Gasteiger partial charge in [0.25, 0.3) is 0 Å². The molecule has 2 heterocycles. The highest BCUT2D eigenvalue weighted by atomic mass is 32.1. The van der Waals surface area contributed by atoms with E-state index in [0.717, 1.165) is 30.6 Å². The van der Waals surface area contributed by atoms with E-state index in [4.69, 9.17) is 0 Å². The van der Waals surface area contributed by atoms with Crippen LogP contribution in [0, 0.1) is 11.8 Å². The Morgan fingerprint density at radius 1 is 1.36 bits per heavy atom. The van der Waals surface area contributed by atoms with Crippen molar-refractivity contribution in [1.29, 1.82) is 0 Å². The minimum Gasteiger partial charge on any atom is -0.317 e. The maximum atomic E-state index is 12.3. The van der Waals surface area contributed by atoms with Crippen LogP contribution < -0.4 is 10.6 Å². The van der Waals surface area contributed by atoms with Crippen LogP contribution in [0.15, 0.2) is 6.20 Å². The van der Waals surface area contributed by atoms with Crippen molar-refractivity contribution in [2.75, 3.05) is 18.4 Å². The van der Waals surface area contributed by atoms with Crippen LogP contribution in [0.25, 0.3) is 0 Å². The molecule has 0 aromatic carbocycles. The van der Waals surface area contributed by atoms with Gasteiger partial charge in [0.2, 0.25) is 5.91 Å². The van der Waals surface area contributed by atoms with Crippen molar-refractivity contribution in [2.24, 2.45) is 11.8 Å². The van der Waals surface area contributed by atoms with Crippen LogP contribution in [0.2, 0.25) is 0 Å². The molecule has 0 radical (unpaired) electrons. The number of rotatable bonds is 5. The second-order valence-electron chi connectivity index (χ2n) is 6.87. The van der Waals surface area contributed by atoms with Gasteiger partial charge >= 0.3 is 0 Å². The van der Waals surface area contributed by atoms with Gasteiger partial charge in [-0.2, -0.15) is 0 Å². The summed E-state index contributed by atoms with van der Waals surface area (Å²) in [4.78, 5) is 18.1. The average Bonchev–Trinajstić information content (AvgIpc) is 3.20. The Kier molecular flexibility index (Phi) is 5.47. The molecule has 1 aromatic heterocycles. The summed E-state index contributed by atoms with van der Waals surface area (Å²) in [7, 11) is 0. The van der Waals surface area contributed by atoms with Gasteiger partial charge in [0, 0.05) is 17.0 Å². The summed E-state index contributed by atoms with van der Waals surface area (Å²) in [5, 5.41) is 7.19. The lowest BCUT2D eigenvalue weighted by Crippen LogP contribution is -2.26. The first kappa shape index (κ1) is 15.9. The molecule has 1 aromatic rings. The van der Waals surface area contributed by atoms with Crippen LogP contribution in [-0.4, -0.2) is 24.0 Å². The van der Waals surface area contributed by atoms with Gasteiger partial charge in [-0.3, -0.25) is 4.79 Å². The van der Waals surface area contributed by atoms with E-state index in [0.29, 0.717) is 5.92 Å². The fraction of sp³-hybridized carbons (Fsp3) is 0.765. The van der Waals surface area contributed by atoms with Crippen molar-refractivity contribution in [1.82, 2.24) is 10.3 Å². The van der Waals surface area contributed by atoms with E-state index in [2.05, 4.69) is 22.5 Å². The quantitative estimate of drug-likeness (QED) is 0.868. The molecular formula is C17H27N3OS. The Labute approximate surface area is 137 Å². The van der Waals surface area contributed by atoms with Gasteiger partial charge in [-0.25, -0.2) is 4.98 Å². The molecule has 4 nitrogen and oxygen atoms in total. The van der Waals surface area contributed by atoms with Gasteiger partial charge < -0.3 is 10.6 Å². The summed E-state index contributed by atoms with van der Waals surface area (Å²) >= 11 is 1.66. The molecule has 1 unspecified atom stereocenters. The van der Waals surface area contributed by atoms with Crippen LogP contribution in [-0.2, 0) is 4.79 Å². The average molecular weight is 321 g/mol. The molecule has 1 amide bonds. The molecule has 1 saturated heterocycles. The Morgan fingerprint density at radius 2 is 2.09 bits per heavy atom. The third-order valence-electron chi connectivity index (χ3n) is 5.10. The largest absolute Gasteiger partial charge is 0.317 e. The van der Waals surface area contributed by atoms with E-state index in [1.165, 1.54) is 43.4 Å². The van der Waals surface area contributed by atoms with E-state index in [-0.39, 0.29) is 11.8 Å². The first-order valence-corrected chi connectivity index (χ1v) is 9.51. The first-order valence-electron chi connectivity index (χ1n) is 8.69. The maximum absolute atomic E-state index is 12.3. The fourth-order valence-electron chi connectivity index (χ4n) is 3.72. The van der Waals surface area contributed by atoms with E-state index >= 15 is 0 Å².